The number of hydrogen-bond donors (Lipinski definition) is 0. The Kier molecular flexibility index (Phi) is 6.72. The average molecular weight is 302 g/mol. The van der Waals surface area contributed by atoms with Crippen LogP contribution in [-0.2, 0) is 0 Å². The maximum atomic E-state index is 8.53. The van der Waals surface area contributed by atoms with Crippen molar-refractivity contribution in [3.8, 4) is 6.07 Å². The third-order valence-corrected chi connectivity index (χ3v) is 4.19. The molecule has 0 spiro atoms. The summed E-state index contributed by atoms with van der Waals surface area (Å²) in [4.78, 5) is 0. The third-order valence-electron chi connectivity index (χ3n) is 3.94. The average Bonchev–Trinajstić information content (AvgIpc) is 2.37. The van der Waals surface area contributed by atoms with Crippen molar-refractivity contribution >= 4 is 11.6 Å². The number of hydrogen-bond acceptors (Lipinski definition) is 1. The summed E-state index contributed by atoms with van der Waals surface area (Å²) in [7, 11) is 0. The summed E-state index contributed by atoms with van der Waals surface area (Å²) in [6, 6.07) is 2.00. The lowest BCUT2D eigenvalue weighted by Crippen LogP contribution is -2.26. The molecule has 1 unspecified atom stereocenters. The summed E-state index contributed by atoms with van der Waals surface area (Å²) >= 11 is 6.22. The zero-order chi connectivity index (χ0) is 15.9. The van der Waals surface area contributed by atoms with Gasteiger partial charge in [-0.05, 0) is 49.8 Å². The Morgan fingerprint density at radius 3 is 2.76 bits per heavy atom. The maximum Gasteiger partial charge on any atom is 0.0914 e. The molecule has 2 heteroatoms. The lowest BCUT2D eigenvalue weighted by atomic mass is 9.68. The molecule has 0 saturated heterocycles. The molecule has 1 nitrogen and oxygen atoms in total. The van der Waals surface area contributed by atoms with E-state index in [0.717, 1.165) is 5.57 Å². The van der Waals surface area contributed by atoms with Gasteiger partial charge in [-0.1, -0.05) is 55.3 Å². The number of rotatable bonds is 4. The molecular weight excluding hydrogens is 278 g/mol. The minimum absolute atomic E-state index is 0.286. The summed E-state index contributed by atoms with van der Waals surface area (Å²) in [5.41, 5.74) is 2.62. The minimum atomic E-state index is 0.286. The van der Waals surface area contributed by atoms with Crippen molar-refractivity contribution in [2.45, 2.75) is 40.5 Å². The lowest BCUT2D eigenvalue weighted by molar-refractivity contribution is 0.255. The van der Waals surface area contributed by atoms with Gasteiger partial charge >= 0.3 is 0 Å². The monoisotopic (exact) mass is 301 g/mol. The fraction of sp³-hybridized carbons (Fsp3) is 0.421. The molecule has 0 aromatic heterocycles. The molecule has 0 aliphatic heterocycles. The predicted molar refractivity (Wildman–Crippen MR) is 91.8 cm³/mol. The quantitative estimate of drug-likeness (QED) is 0.351. The first-order valence-electron chi connectivity index (χ1n) is 7.32. The molecule has 1 rings (SSSR count). The molecule has 112 valence electrons. The van der Waals surface area contributed by atoms with Gasteiger partial charge in [0.1, 0.15) is 0 Å². The lowest BCUT2D eigenvalue weighted by Gasteiger charge is -2.36. The highest BCUT2D eigenvalue weighted by molar-refractivity contribution is 6.31. The molecule has 0 N–H and O–H groups in total. The minimum Gasteiger partial charge on any atom is -0.193 e. The van der Waals surface area contributed by atoms with Crippen molar-refractivity contribution < 1.29 is 0 Å². The fourth-order valence-electron chi connectivity index (χ4n) is 2.67. The number of allylic oxidation sites excluding steroid dienone is 10. The van der Waals surface area contributed by atoms with E-state index in [1.807, 2.05) is 37.3 Å². The van der Waals surface area contributed by atoms with Crippen LogP contribution < -0.4 is 0 Å². The zero-order valence-electron chi connectivity index (χ0n) is 13.4. The SMILES string of the molecule is CC1=CCCC(C)(C)C1/C=C/C(Cl)=C/C=C/C(C)=C/C#N. The molecular formula is C19H24ClN. The van der Waals surface area contributed by atoms with Gasteiger partial charge in [-0.3, -0.25) is 0 Å². The Labute approximate surface area is 134 Å². The number of nitrogens with zero attached hydrogens (tertiary/aromatic N) is 1. The first-order chi connectivity index (χ1) is 9.86. The first-order valence-corrected chi connectivity index (χ1v) is 7.70. The molecule has 0 heterocycles. The van der Waals surface area contributed by atoms with Crippen molar-refractivity contribution in [1.29, 1.82) is 5.26 Å². The largest absolute Gasteiger partial charge is 0.193 e. The van der Waals surface area contributed by atoms with Crippen molar-refractivity contribution in [3.05, 3.63) is 58.7 Å². The number of halogens is 1. The Bertz CT molecular complexity index is 551. The van der Waals surface area contributed by atoms with Crippen LogP contribution in [0.4, 0.5) is 0 Å². The Hall–Kier alpha value is -1.52. The standard InChI is InChI=1S/C19H24ClN/c1-15(12-14-21)7-5-9-17(20)10-11-18-16(2)8-6-13-19(18,3)4/h5,7-12,18H,6,13H2,1-4H3/b7-5+,11-10+,15-12+,17-9-. The Morgan fingerprint density at radius 1 is 1.43 bits per heavy atom. The molecule has 1 aliphatic carbocycles. The van der Waals surface area contributed by atoms with E-state index in [4.69, 9.17) is 16.9 Å². The van der Waals surface area contributed by atoms with E-state index in [1.54, 1.807) is 0 Å². The second kappa shape index (κ2) is 8.05. The van der Waals surface area contributed by atoms with E-state index in [2.05, 4.69) is 32.9 Å². The molecule has 0 radical (unpaired) electrons. The van der Waals surface area contributed by atoms with Gasteiger partial charge in [0.2, 0.25) is 0 Å². The van der Waals surface area contributed by atoms with Crippen LogP contribution in [0.25, 0.3) is 0 Å². The van der Waals surface area contributed by atoms with E-state index in [-0.39, 0.29) is 5.41 Å². The van der Waals surface area contributed by atoms with Crippen molar-refractivity contribution in [2.24, 2.45) is 11.3 Å². The maximum absolute atomic E-state index is 8.53. The smallest absolute Gasteiger partial charge is 0.0914 e. The second-order valence-corrected chi connectivity index (χ2v) is 6.68. The second-order valence-electron chi connectivity index (χ2n) is 6.24. The third kappa shape index (κ3) is 5.78. The highest BCUT2D eigenvalue weighted by atomic mass is 35.5. The molecule has 1 aliphatic rings. The summed E-state index contributed by atoms with van der Waals surface area (Å²) in [5.74, 6) is 0.442. The molecule has 21 heavy (non-hydrogen) atoms. The molecule has 0 bridgehead atoms. The van der Waals surface area contributed by atoms with Gasteiger partial charge in [-0.2, -0.15) is 5.26 Å². The topological polar surface area (TPSA) is 23.8 Å². The summed E-state index contributed by atoms with van der Waals surface area (Å²) < 4.78 is 0. The van der Waals surface area contributed by atoms with Crippen molar-refractivity contribution in [1.82, 2.24) is 0 Å². The molecule has 0 saturated carbocycles. The normalized spacial score (nSPS) is 23.4. The highest BCUT2D eigenvalue weighted by Crippen LogP contribution is 2.41. The van der Waals surface area contributed by atoms with Crippen molar-refractivity contribution in [2.75, 3.05) is 0 Å². The Morgan fingerprint density at radius 2 is 2.14 bits per heavy atom. The zero-order valence-corrected chi connectivity index (χ0v) is 14.1. The van der Waals surface area contributed by atoms with Gasteiger partial charge < -0.3 is 0 Å². The van der Waals surface area contributed by atoms with Crippen LogP contribution in [0.1, 0.15) is 40.5 Å². The van der Waals surface area contributed by atoms with Gasteiger partial charge in [0.25, 0.3) is 0 Å². The summed E-state index contributed by atoms with van der Waals surface area (Å²) in [6.07, 6.45) is 16.0. The van der Waals surface area contributed by atoms with E-state index in [0.29, 0.717) is 11.0 Å². The summed E-state index contributed by atoms with van der Waals surface area (Å²) in [6.45, 7) is 8.71. The van der Waals surface area contributed by atoms with Crippen LogP contribution in [0.2, 0.25) is 0 Å². The van der Waals surface area contributed by atoms with E-state index in [1.165, 1.54) is 24.5 Å². The highest BCUT2D eigenvalue weighted by Gasteiger charge is 2.30. The number of nitriles is 1. The van der Waals surface area contributed by atoms with Crippen LogP contribution in [0, 0.1) is 22.7 Å². The van der Waals surface area contributed by atoms with Crippen LogP contribution in [0.15, 0.2) is 58.7 Å². The van der Waals surface area contributed by atoms with Gasteiger partial charge in [-0.25, -0.2) is 0 Å². The predicted octanol–water partition coefficient (Wildman–Crippen LogP) is 6.07. The molecule has 0 aromatic carbocycles. The molecule has 0 fully saturated rings. The molecule has 1 atom stereocenters. The van der Waals surface area contributed by atoms with Gasteiger partial charge in [0.05, 0.1) is 6.07 Å². The Balaban J connectivity index is 2.75. The summed E-state index contributed by atoms with van der Waals surface area (Å²) in [5, 5.41) is 9.23. The van der Waals surface area contributed by atoms with Gasteiger partial charge in [0, 0.05) is 17.0 Å². The first kappa shape index (κ1) is 17.5. The molecule has 0 amide bonds. The van der Waals surface area contributed by atoms with E-state index < -0.39 is 0 Å². The van der Waals surface area contributed by atoms with Crippen molar-refractivity contribution in [3.63, 3.8) is 0 Å². The van der Waals surface area contributed by atoms with Gasteiger partial charge in [-0.15, -0.1) is 0 Å². The van der Waals surface area contributed by atoms with Crippen LogP contribution >= 0.6 is 11.6 Å². The van der Waals surface area contributed by atoms with Crippen LogP contribution in [0.3, 0.4) is 0 Å². The van der Waals surface area contributed by atoms with E-state index in [9.17, 15) is 0 Å². The van der Waals surface area contributed by atoms with Gasteiger partial charge in [0.15, 0.2) is 0 Å². The van der Waals surface area contributed by atoms with Crippen LogP contribution in [0.5, 0.6) is 0 Å². The molecule has 0 aromatic rings. The fourth-order valence-corrected chi connectivity index (χ4v) is 2.81. The van der Waals surface area contributed by atoms with Crippen LogP contribution in [-0.4, -0.2) is 0 Å². The van der Waals surface area contributed by atoms with E-state index >= 15 is 0 Å².